The number of carbonyl (C=O) groups excluding carboxylic acids is 2. The van der Waals surface area contributed by atoms with E-state index >= 15 is 0 Å². The molecule has 3 aromatic rings. The number of nitrogens with zero attached hydrogens (tertiary/aromatic N) is 3. The fourth-order valence-corrected chi connectivity index (χ4v) is 5.81. The summed E-state index contributed by atoms with van der Waals surface area (Å²) in [5.74, 6) is 0.165. The number of aryl methyl sites for hydroxylation is 1. The minimum Gasteiger partial charge on any atom is -0.349 e. The van der Waals surface area contributed by atoms with Crippen LogP contribution in [0.4, 0.5) is 0 Å². The fraction of sp³-hybridized carbons (Fsp3) is 0.391. The molecule has 154 valence electrons. The zero-order valence-electron chi connectivity index (χ0n) is 16.7. The number of amides is 2. The molecule has 2 aliphatic heterocycles. The average molecular weight is 421 g/mol. The van der Waals surface area contributed by atoms with Crippen molar-refractivity contribution < 1.29 is 9.59 Å². The van der Waals surface area contributed by atoms with Gasteiger partial charge in [0.1, 0.15) is 0 Å². The van der Waals surface area contributed by atoms with Gasteiger partial charge < -0.3 is 10.2 Å². The van der Waals surface area contributed by atoms with Crippen molar-refractivity contribution in [2.75, 3.05) is 0 Å². The number of hydrogen-bond acceptors (Lipinski definition) is 5. The third-order valence-corrected chi connectivity index (χ3v) is 7.29. The van der Waals surface area contributed by atoms with Crippen LogP contribution in [-0.4, -0.2) is 44.8 Å². The van der Waals surface area contributed by atoms with Crippen LogP contribution < -0.4 is 5.32 Å². The maximum atomic E-state index is 13.0. The van der Waals surface area contributed by atoms with Gasteiger partial charge in [-0.15, -0.1) is 11.3 Å². The van der Waals surface area contributed by atoms with Crippen molar-refractivity contribution in [1.29, 1.82) is 0 Å². The lowest BCUT2D eigenvalue weighted by Crippen LogP contribution is -2.52. The summed E-state index contributed by atoms with van der Waals surface area (Å²) in [4.78, 5) is 36.2. The summed E-state index contributed by atoms with van der Waals surface area (Å²) in [6.45, 7) is 0. The lowest BCUT2D eigenvalue weighted by atomic mass is 9.96. The molecule has 30 heavy (non-hydrogen) atoms. The molecular formula is C23H24N4O2S. The van der Waals surface area contributed by atoms with Crippen molar-refractivity contribution in [1.82, 2.24) is 20.2 Å². The van der Waals surface area contributed by atoms with E-state index in [-0.39, 0.29) is 29.9 Å². The number of para-hydroxylation sites is 1. The van der Waals surface area contributed by atoms with Gasteiger partial charge in [0.05, 0.1) is 15.2 Å². The largest absolute Gasteiger partial charge is 0.349 e. The Morgan fingerprint density at radius 1 is 1.07 bits per heavy atom. The number of thiazole rings is 1. The van der Waals surface area contributed by atoms with E-state index < -0.39 is 0 Å². The molecular weight excluding hydrogens is 396 g/mol. The summed E-state index contributed by atoms with van der Waals surface area (Å²) in [5.41, 5.74) is 1.64. The molecule has 2 fully saturated rings. The number of nitrogens with one attached hydrogen (secondary N) is 1. The number of hydrogen-bond donors (Lipinski definition) is 1. The fourth-order valence-electron chi connectivity index (χ4n) is 4.84. The number of pyridine rings is 1. The third kappa shape index (κ3) is 3.81. The Bertz CT molecular complexity index is 1020. The Morgan fingerprint density at radius 2 is 1.80 bits per heavy atom. The van der Waals surface area contributed by atoms with Crippen LogP contribution in [0.15, 0.2) is 48.8 Å². The topological polar surface area (TPSA) is 75.2 Å². The molecule has 0 spiro atoms. The molecule has 1 aromatic carbocycles. The predicted octanol–water partition coefficient (Wildman–Crippen LogP) is 3.58. The highest BCUT2D eigenvalue weighted by Crippen LogP contribution is 2.36. The van der Waals surface area contributed by atoms with Crippen molar-refractivity contribution in [2.45, 2.75) is 56.7 Å². The van der Waals surface area contributed by atoms with Crippen LogP contribution >= 0.6 is 11.3 Å². The van der Waals surface area contributed by atoms with Crippen molar-refractivity contribution in [3.05, 3.63) is 59.4 Å². The molecule has 1 N–H and O–H groups in total. The van der Waals surface area contributed by atoms with E-state index in [1.165, 1.54) is 4.70 Å². The Morgan fingerprint density at radius 3 is 2.53 bits per heavy atom. The second kappa shape index (κ2) is 8.14. The molecule has 7 heteroatoms. The quantitative estimate of drug-likeness (QED) is 0.685. The van der Waals surface area contributed by atoms with Crippen molar-refractivity contribution >= 4 is 33.4 Å². The van der Waals surface area contributed by atoms with Crippen molar-refractivity contribution in [3.63, 3.8) is 0 Å². The van der Waals surface area contributed by atoms with Gasteiger partial charge in [-0.1, -0.05) is 12.1 Å². The van der Waals surface area contributed by atoms with E-state index in [0.29, 0.717) is 18.4 Å². The molecule has 2 saturated heterocycles. The molecule has 2 amide bonds. The first kappa shape index (κ1) is 19.2. The van der Waals surface area contributed by atoms with Crippen LogP contribution in [0, 0.1) is 0 Å². The van der Waals surface area contributed by atoms with Gasteiger partial charge in [-0.05, 0) is 49.9 Å². The summed E-state index contributed by atoms with van der Waals surface area (Å²) >= 11 is 1.67. The molecule has 4 heterocycles. The highest BCUT2D eigenvalue weighted by molar-refractivity contribution is 7.18. The SMILES string of the molecule is O=C(NC1CC2CCC(C1)N2C(=O)CCc1nc2ccccc2s1)c1ccncc1. The minimum absolute atomic E-state index is 0.0580. The molecule has 5 rings (SSSR count). The zero-order chi connectivity index (χ0) is 20.5. The van der Waals surface area contributed by atoms with Gasteiger partial charge in [-0.25, -0.2) is 4.98 Å². The van der Waals surface area contributed by atoms with Crippen LogP contribution in [0.5, 0.6) is 0 Å². The molecule has 2 aromatic heterocycles. The van der Waals surface area contributed by atoms with Crippen LogP contribution in [0.2, 0.25) is 0 Å². The molecule has 0 radical (unpaired) electrons. The predicted molar refractivity (Wildman–Crippen MR) is 116 cm³/mol. The van der Waals surface area contributed by atoms with Gasteiger partial charge in [0, 0.05) is 48.9 Å². The lowest BCUT2D eigenvalue weighted by Gasteiger charge is -2.39. The number of benzene rings is 1. The Labute approximate surface area is 179 Å². The van der Waals surface area contributed by atoms with Crippen molar-refractivity contribution in [2.24, 2.45) is 0 Å². The van der Waals surface area contributed by atoms with Crippen LogP contribution in [0.1, 0.15) is 47.5 Å². The summed E-state index contributed by atoms with van der Waals surface area (Å²) < 4.78 is 1.17. The van der Waals surface area contributed by atoms with E-state index in [9.17, 15) is 9.59 Å². The first-order valence-corrected chi connectivity index (χ1v) is 11.4. The van der Waals surface area contributed by atoms with Crippen LogP contribution in [-0.2, 0) is 11.2 Å². The molecule has 2 unspecified atom stereocenters. The molecule has 0 aliphatic carbocycles. The standard InChI is InChI=1S/C23H24N4O2S/c28-22(8-7-21-26-19-3-1-2-4-20(19)30-21)27-17-5-6-18(27)14-16(13-17)25-23(29)15-9-11-24-12-10-15/h1-4,9-12,16-18H,5-8,13-14H2,(H,25,29). The summed E-state index contributed by atoms with van der Waals surface area (Å²) in [7, 11) is 0. The molecule has 2 bridgehead atoms. The van der Waals surface area contributed by atoms with E-state index in [1.54, 1.807) is 35.9 Å². The van der Waals surface area contributed by atoms with Gasteiger partial charge in [0.25, 0.3) is 5.91 Å². The maximum absolute atomic E-state index is 13.0. The maximum Gasteiger partial charge on any atom is 0.251 e. The summed E-state index contributed by atoms with van der Waals surface area (Å²) in [5, 5.41) is 4.18. The summed E-state index contributed by atoms with van der Waals surface area (Å²) in [6, 6.07) is 12.1. The Kier molecular flexibility index (Phi) is 5.21. The minimum atomic E-state index is -0.0580. The number of fused-ring (bicyclic) bond motifs is 3. The summed E-state index contributed by atoms with van der Waals surface area (Å²) in [6.07, 6.45) is 8.17. The average Bonchev–Trinajstić information content (AvgIpc) is 3.30. The van der Waals surface area contributed by atoms with E-state index in [1.807, 2.05) is 18.2 Å². The van der Waals surface area contributed by atoms with E-state index in [4.69, 9.17) is 0 Å². The second-order valence-corrected chi connectivity index (χ2v) is 9.25. The first-order valence-electron chi connectivity index (χ1n) is 10.5. The highest BCUT2D eigenvalue weighted by atomic mass is 32.1. The number of piperidine rings is 1. The molecule has 0 saturated carbocycles. The number of carbonyl (C=O) groups is 2. The molecule has 2 aliphatic rings. The third-order valence-electron chi connectivity index (χ3n) is 6.19. The molecule has 2 atom stereocenters. The lowest BCUT2D eigenvalue weighted by molar-refractivity contribution is -0.135. The van der Waals surface area contributed by atoms with Gasteiger partial charge in [0.15, 0.2) is 0 Å². The van der Waals surface area contributed by atoms with Gasteiger partial charge >= 0.3 is 0 Å². The Hall–Kier alpha value is -2.80. The number of aromatic nitrogens is 2. The number of rotatable bonds is 5. The van der Waals surface area contributed by atoms with Gasteiger partial charge in [-0.2, -0.15) is 0 Å². The smallest absolute Gasteiger partial charge is 0.251 e. The van der Waals surface area contributed by atoms with E-state index in [0.717, 1.165) is 36.2 Å². The second-order valence-electron chi connectivity index (χ2n) is 8.14. The van der Waals surface area contributed by atoms with Crippen molar-refractivity contribution in [3.8, 4) is 0 Å². The monoisotopic (exact) mass is 420 g/mol. The van der Waals surface area contributed by atoms with Crippen LogP contribution in [0.25, 0.3) is 10.2 Å². The first-order chi connectivity index (χ1) is 14.7. The van der Waals surface area contributed by atoms with E-state index in [2.05, 4.69) is 26.3 Å². The van der Waals surface area contributed by atoms with Crippen LogP contribution in [0.3, 0.4) is 0 Å². The van der Waals surface area contributed by atoms with Gasteiger partial charge in [-0.3, -0.25) is 14.6 Å². The zero-order valence-corrected chi connectivity index (χ0v) is 17.5. The molecule has 6 nitrogen and oxygen atoms in total. The highest BCUT2D eigenvalue weighted by Gasteiger charge is 2.43. The normalized spacial score (nSPS) is 22.9. The Balaban J connectivity index is 1.18. The van der Waals surface area contributed by atoms with Gasteiger partial charge in [0.2, 0.25) is 5.91 Å².